The van der Waals surface area contributed by atoms with E-state index in [1.54, 1.807) is 25.4 Å². The minimum atomic E-state index is 0.583. The second kappa shape index (κ2) is 13.4. The van der Waals surface area contributed by atoms with Crippen LogP contribution in [0.2, 0.25) is 10.0 Å². The largest absolute Gasteiger partial charge is 0.481 e. The second-order valence-electron chi connectivity index (χ2n) is 7.33. The molecule has 1 fully saturated rings. The van der Waals surface area contributed by atoms with Gasteiger partial charge in [-0.1, -0.05) is 86.4 Å². The Kier molecular flexibility index (Phi) is 10.9. The summed E-state index contributed by atoms with van der Waals surface area (Å²) in [5.74, 6) is 1.90. The molecule has 1 aliphatic heterocycles. The lowest BCUT2D eigenvalue weighted by Crippen LogP contribution is -2.20. The smallest absolute Gasteiger partial charge is 0.212 e. The molecule has 0 saturated carbocycles. The van der Waals surface area contributed by atoms with Crippen molar-refractivity contribution >= 4 is 23.2 Å². The molecule has 0 aliphatic carbocycles. The number of pyridine rings is 1. The fourth-order valence-corrected chi connectivity index (χ4v) is 3.90. The predicted molar refractivity (Wildman–Crippen MR) is 132 cm³/mol. The molecule has 3 aromatic rings. The van der Waals surface area contributed by atoms with Gasteiger partial charge in [0.05, 0.1) is 12.1 Å². The van der Waals surface area contributed by atoms with Gasteiger partial charge in [-0.2, -0.15) is 0 Å². The molecule has 166 valence electrons. The van der Waals surface area contributed by atoms with Crippen molar-refractivity contribution in [3.05, 3.63) is 94.1 Å². The molecule has 5 heteroatoms. The van der Waals surface area contributed by atoms with Crippen LogP contribution in [0, 0.1) is 5.92 Å². The molecule has 2 unspecified atom stereocenters. The average Bonchev–Trinajstić information content (AvgIpc) is 3.17. The van der Waals surface area contributed by atoms with Crippen molar-refractivity contribution in [2.45, 2.75) is 33.2 Å². The van der Waals surface area contributed by atoms with E-state index in [0.717, 1.165) is 18.1 Å². The maximum Gasteiger partial charge on any atom is 0.212 e. The topological polar surface area (TPSA) is 25.4 Å². The van der Waals surface area contributed by atoms with E-state index in [9.17, 15) is 0 Å². The van der Waals surface area contributed by atoms with Crippen molar-refractivity contribution in [1.29, 1.82) is 0 Å². The minimum Gasteiger partial charge on any atom is -0.481 e. The van der Waals surface area contributed by atoms with Crippen molar-refractivity contribution in [2.24, 2.45) is 5.92 Å². The quantitative estimate of drug-likeness (QED) is 0.408. The van der Waals surface area contributed by atoms with E-state index < -0.39 is 0 Å². The molecule has 1 aromatic heterocycles. The summed E-state index contributed by atoms with van der Waals surface area (Å²) in [5.41, 5.74) is 2.81. The zero-order valence-electron chi connectivity index (χ0n) is 18.8. The highest BCUT2D eigenvalue weighted by Gasteiger charge is 2.30. The Morgan fingerprint density at radius 3 is 2.13 bits per heavy atom. The number of nitrogens with zero attached hydrogens (tertiary/aromatic N) is 2. The molecule has 31 heavy (non-hydrogen) atoms. The van der Waals surface area contributed by atoms with Gasteiger partial charge in [-0.15, -0.1) is 0 Å². The Morgan fingerprint density at radius 2 is 1.55 bits per heavy atom. The third-order valence-electron chi connectivity index (χ3n) is 5.14. The van der Waals surface area contributed by atoms with Crippen molar-refractivity contribution in [3.8, 4) is 5.88 Å². The summed E-state index contributed by atoms with van der Waals surface area (Å²) in [6, 6.07) is 22.5. The Hall–Kier alpha value is -2.07. The first-order valence-corrected chi connectivity index (χ1v) is 11.5. The predicted octanol–water partition coefficient (Wildman–Crippen LogP) is 7.35. The Balaban J connectivity index is 0.000000261. The highest BCUT2D eigenvalue weighted by molar-refractivity contribution is 6.30. The monoisotopic (exact) mass is 458 g/mol. The first kappa shape index (κ1) is 25.2. The van der Waals surface area contributed by atoms with E-state index in [0.29, 0.717) is 22.7 Å². The van der Waals surface area contributed by atoms with Crippen LogP contribution < -0.4 is 4.74 Å². The van der Waals surface area contributed by atoms with Crippen LogP contribution in [0.5, 0.6) is 5.88 Å². The molecule has 0 bridgehead atoms. The molecule has 4 rings (SSSR count). The van der Waals surface area contributed by atoms with Gasteiger partial charge in [0, 0.05) is 42.8 Å². The van der Waals surface area contributed by atoms with Crippen molar-refractivity contribution in [3.63, 3.8) is 0 Å². The molecule has 1 saturated heterocycles. The van der Waals surface area contributed by atoms with Gasteiger partial charge in [0.2, 0.25) is 5.88 Å². The SMILES string of the molecule is CC.CC1CN(Cc2ccccc2)CC1c1ccc(Cl)cc1.COc1ccc(Cl)cn1. The standard InChI is InChI=1S/C18H20ClN.C6H6ClNO.C2H6/c1-14-11-20(12-15-5-3-2-4-6-15)13-18(14)16-7-9-17(19)10-8-16;1-9-6-3-2-5(7)4-8-6;1-2/h2-10,14,18H,11-13H2,1H3;2-4H,1H3;1-2H3. The number of rotatable bonds is 4. The van der Waals surface area contributed by atoms with Crippen LogP contribution in [0.15, 0.2) is 72.9 Å². The fraction of sp³-hybridized carbons (Fsp3) is 0.346. The Morgan fingerprint density at radius 1 is 0.903 bits per heavy atom. The Bertz CT molecular complexity index is 870. The molecule has 2 atom stereocenters. The Labute approximate surface area is 197 Å². The molecule has 2 aromatic carbocycles. The molecule has 1 aliphatic rings. The van der Waals surface area contributed by atoms with Crippen LogP contribution in [0.4, 0.5) is 0 Å². The van der Waals surface area contributed by atoms with Crippen LogP contribution in [0.1, 0.15) is 37.8 Å². The number of methoxy groups -OCH3 is 1. The van der Waals surface area contributed by atoms with Crippen LogP contribution >= 0.6 is 23.2 Å². The molecular formula is C26H32Cl2N2O. The number of hydrogen-bond acceptors (Lipinski definition) is 3. The first-order chi connectivity index (χ1) is 15.0. The summed E-state index contributed by atoms with van der Waals surface area (Å²) >= 11 is 11.5. The third-order valence-corrected chi connectivity index (χ3v) is 5.62. The zero-order valence-corrected chi connectivity index (χ0v) is 20.3. The third kappa shape index (κ3) is 8.17. The summed E-state index contributed by atoms with van der Waals surface area (Å²) in [7, 11) is 1.57. The van der Waals surface area contributed by atoms with Crippen molar-refractivity contribution in [1.82, 2.24) is 9.88 Å². The van der Waals surface area contributed by atoms with E-state index in [4.69, 9.17) is 27.9 Å². The average molecular weight is 459 g/mol. The van der Waals surface area contributed by atoms with Gasteiger partial charge >= 0.3 is 0 Å². The molecular weight excluding hydrogens is 427 g/mol. The van der Waals surface area contributed by atoms with Gasteiger partial charge in [0.25, 0.3) is 0 Å². The molecule has 2 heterocycles. The van der Waals surface area contributed by atoms with Gasteiger partial charge in [-0.05, 0) is 35.2 Å². The highest BCUT2D eigenvalue weighted by Crippen LogP contribution is 2.33. The normalized spacial score (nSPS) is 17.7. The number of halogens is 2. The lowest BCUT2D eigenvalue weighted by Gasteiger charge is -2.16. The van der Waals surface area contributed by atoms with E-state index in [1.165, 1.54) is 17.7 Å². The summed E-state index contributed by atoms with van der Waals surface area (Å²) < 4.78 is 4.80. The van der Waals surface area contributed by atoms with Gasteiger partial charge < -0.3 is 4.74 Å². The van der Waals surface area contributed by atoms with Gasteiger partial charge in [0.15, 0.2) is 0 Å². The summed E-state index contributed by atoms with van der Waals surface area (Å²) in [5, 5.41) is 1.44. The lowest BCUT2D eigenvalue weighted by molar-refractivity contribution is 0.319. The van der Waals surface area contributed by atoms with E-state index in [2.05, 4.69) is 59.3 Å². The second-order valence-corrected chi connectivity index (χ2v) is 8.21. The maximum absolute atomic E-state index is 5.98. The molecule has 3 nitrogen and oxygen atoms in total. The number of hydrogen-bond donors (Lipinski definition) is 0. The number of benzene rings is 2. The molecule has 0 spiro atoms. The van der Waals surface area contributed by atoms with Gasteiger partial charge in [-0.25, -0.2) is 4.98 Å². The van der Waals surface area contributed by atoms with Gasteiger partial charge in [-0.3, -0.25) is 4.90 Å². The highest BCUT2D eigenvalue weighted by atomic mass is 35.5. The fourth-order valence-electron chi connectivity index (χ4n) is 3.66. The van der Waals surface area contributed by atoms with Crippen LogP contribution in [-0.4, -0.2) is 30.1 Å². The molecule has 0 radical (unpaired) electrons. The van der Waals surface area contributed by atoms with Crippen LogP contribution in [0.25, 0.3) is 0 Å². The van der Waals surface area contributed by atoms with Crippen molar-refractivity contribution < 1.29 is 4.74 Å². The number of ether oxygens (including phenoxy) is 1. The van der Waals surface area contributed by atoms with Crippen molar-refractivity contribution in [2.75, 3.05) is 20.2 Å². The number of likely N-dealkylation sites (tertiary alicyclic amines) is 1. The molecule has 0 N–H and O–H groups in total. The van der Waals surface area contributed by atoms with E-state index in [-0.39, 0.29) is 0 Å². The first-order valence-electron chi connectivity index (χ1n) is 10.7. The molecule has 0 amide bonds. The summed E-state index contributed by atoms with van der Waals surface area (Å²) in [6.45, 7) is 9.71. The summed E-state index contributed by atoms with van der Waals surface area (Å²) in [6.07, 6.45) is 1.54. The van der Waals surface area contributed by atoms with E-state index >= 15 is 0 Å². The van der Waals surface area contributed by atoms with E-state index in [1.807, 2.05) is 26.0 Å². The lowest BCUT2D eigenvalue weighted by atomic mass is 9.90. The van der Waals surface area contributed by atoms with Crippen LogP contribution in [-0.2, 0) is 6.54 Å². The maximum atomic E-state index is 5.98. The zero-order chi connectivity index (χ0) is 22.6. The van der Waals surface area contributed by atoms with Crippen LogP contribution in [0.3, 0.4) is 0 Å². The summed E-state index contributed by atoms with van der Waals surface area (Å²) in [4.78, 5) is 6.40. The minimum absolute atomic E-state index is 0.583. The van der Waals surface area contributed by atoms with Gasteiger partial charge in [0.1, 0.15) is 0 Å². The number of aromatic nitrogens is 1.